The highest BCUT2D eigenvalue weighted by Crippen LogP contribution is 2.34. The van der Waals surface area contributed by atoms with Crippen LogP contribution in [0.5, 0.6) is 0 Å². The Balaban J connectivity index is 0.000000220. The standard InChI is InChI=1S/2C10H10N2O6S2/c11-9-4-6(20(16,17)18)2-8-7(9)1-5(3-10(8)12)19(13,14)15;11-5-1-7-8(10(3-5)20(16,17)18)2-6(12)4-9(7)19(13,14)15/h2*1-4H,11-12H2,(H,13,14,15)(H,16,17,18). The van der Waals surface area contributed by atoms with Gasteiger partial charge in [0, 0.05) is 44.3 Å². The third-order valence-electron chi connectivity index (χ3n) is 5.27. The Kier molecular flexibility index (Phi) is 7.70. The van der Waals surface area contributed by atoms with Crippen LogP contribution in [0.2, 0.25) is 0 Å². The second-order valence-corrected chi connectivity index (χ2v) is 13.8. The van der Waals surface area contributed by atoms with Crippen molar-refractivity contribution in [2.45, 2.75) is 19.6 Å². The summed E-state index contributed by atoms with van der Waals surface area (Å²) in [6.45, 7) is 0. The van der Waals surface area contributed by atoms with Gasteiger partial charge in [0.25, 0.3) is 40.5 Å². The first kappa shape index (κ1) is 30.8. The molecule has 40 heavy (non-hydrogen) atoms. The molecule has 4 aromatic carbocycles. The first-order valence-corrected chi connectivity index (χ1v) is 15.9. The quantitative estimate of drug-likeness (QED) is 0.114. The van der Waals surface area contributed by atoms with Crippen LogP contribution in [0.3, 0.4) is 0 Å². The van der Waals surface area contributed by atoms with Crippen LogP contribution < -0.4 is 22.9 Å². The number of nitrogens with two attached hydrogens (primary N) is 4. The molecule has 20 heteroatoms. The van der Waals surface area contributed by atoms with Crippen molar-refractivity contribution in [2.75, 3.05) is 22.9 Å². The zero-order valence-electron chi connectivity index (χ0n) is 19.6. The predicted octanol–water partition coefficient (Wildman–Crippen LogP) is 0.995. The lowest BCUT2D eigenvalue weighted by Gasteiger charge is -2.10. The van der Waals surface area contributed by atoms with Crippen LogP contribution in [-0.4, -0.2) is 51.9 Å². The summed E-state index contributed by atoms with van der Waals surface area (Å²) in [4.78, 5) is -2.11. The molecular formula is C20H20N4O12S4. The van der Waals surface area contributed by atoms with Gasteiger partial charge < -0.3 is 22.9 Å². The highest BCUT2D eigenvalue weighted by atomic mass is 32.2. The van der Waals surface area contributed by atoms with Crippen molar-refractivity contribution in [3.63, 3.8) is 0 Å². The summed E-state index contributed by atoms with van der Waals surface area (Å²) in [6.07, 6.45) is 0. The SMILES string of the molecule is Nc1cc(S(=O)(=O)O)c2cc(N)cc(S(=O)(=O)O)c2c1.Nc1cc(S(=O)(=O)O)cc2c(N)cc(S(=O)(=O)O)cc12. The molecule has 0 aliphatic rings. The average molecular weight is 637 g/mol. The third kappa shape index (κ3) is 6.51. The van der Waals surface area contributed by atoms with Crippen molar-refractivity contribution in [3.05, 3.63) is 48.5 Å². The van der Waals surface area contributed by atoms with E-state index in [0.717, 1.165) is 48.5 Å². The molecule has 0 saturated heterocycles. The van der Waals surface area contributed by atoms with Crippen molar-refractivity contribution in [1.82, 2.24) is 0 Å². The van der Waals surface area contributed by atoms with E-state index in [-0.39, 0.29) is 44.3 Å². The van der Waals surface area contributed by atoms with Gasteiger partial charge in [0.15, 0.2) is 0 Å². The third-order valence-corrected chi connectivity index (χ3v) is 8.72. The summed E-state index contributed by atoms with van der Waals surface area (Å²) in [5.41, 5.74) is 21.8. The minimum atomic E-state index is -4.64. The largest absolute Gasteiger partial charge is 0.399 e. The summed E-state index contributed by atoms with van der Waals surface area (Å²) >= 11 is 0. The van der Waals surface area contributed by atoms with E-state index in [1.807, 2.05) is 0 Å². The highest BCUT2D eigenvalue weighted by Gasteiger charge is 2.22. The lowest BCUT2D eigenvalue weighted by Crippen LogP contribution is -2.05. The van der Waals surface area contributed by atoms with Crippen LogP contribution in [0.15, 0.2) is 68.1 Å². The Bertz CT molecular complexity index is 1990. The molecule has 0 aliphatic heterocycles. The van der Waals surface area contributed by atoms with Gasteiger partial charge in [-0.05, 0) is 48.5 Å². The predicted molar refractivity (Wildman–Crippen MR) is 145 cm³/mol. The van der Waals surface area contributed by atoms with Crippen LogP contribution in [0, 0.1) is 0 Å². The van der Waals surface area contributed by atoms with Crippen LogP contribution in [0.1, 0.15) is 0 Å². The van der Waals surface area contributed by atoms with Crippen LogP contribution in [0.4, 0.5) is 22.7 Å². The number of anilines is 4. The molecule has 0 saturated carbocycles. The first-order chi connectivity index (χ1) is 18.0. The summed E-state index contributed by atoms with van der Waals surface area (Å²) in [6, 6.07) is 8.29. The number of nitrogen functional groups attached to an aromatic ring is 4. The van der Waals surface area contributed by atoms with Gasteiger partial charge in [-0.15, -0.1) is 0 Å². The molecular weight excluding hydrogens is 617 g/mol. The van der Waals surface area contributed by atoms with Gasteiger partial charge in [-0.1, -0.05) is 0 Å². The van der Waals surface area contributed by atoms with Crippen LogP contribution in [0.25, 0.3) is 21.5 Å². The smallest absolute Gasteiger partial charge is 0.295 e. The van der Waals surface area contributed by atoms with Crippen molar-refractivity contribution in [1.29, 1.82) is 0 Å². The van der Waals surface area contributed by atoms with E-state index in [1.165, 1.54) is 0 Å². The number of fused-ring (bicyclic) bond motifs is 2. The van der Waals surface area contributed by atoms with E-state index in [4.69, 9.17) is 41.1 Å². The Morgan fingerprint density at radius 2 is 0.700 bits per heavy atom. The fourth-order valence-electron chi connectivity index (χ4n) is 3.63. The molecule has 12 N–H and O–H groups in total. The number of rotatable bonds is 4. The zero-order valence-corrected chi connectivity index (χ0v) is 22.9. The maximum absolute atomic E-state index is 11.3. The molecule has 0 aliphatic carbocycles. The number of benzene rings is 4. The van der Waals surface area contributed by atoms with E-state index < -0.39 is 60.1 Å². The lowest BCUT2D eigenvalue weighted by atomic mass is 10.1. The van der Waals surface area contributed by atoms with Gasteiger partial charge in [-0.2, -0.15) is 33.7 Å². The fraction of sp³-hybridized carbons (Fsp3) is 0. The topological polar surface area (TPSA) is 322 Å². The maximum atomic E-state index is 11.3. The highest BCUT2D eigenvalue weighted by molar-refractivity contribution is 7.86. The van der Waals surface area contributed by atoms with E-state index in [0.29, 0.717) is 0 Å². The van der Waals surface area contributed by atoms with Gasteiger partial charge in [0.2, 0.25) is 0 Å². The Hall–Kier alpha value is -3.76. The first-order valence-electron chi connectivity index (χ1n) is 10.2. The van der Waals surface area contributed by atoms with Crippen LogP contribution >= 0.6 is 0 Å². The molecule has 0 bridgehead atoms. The average Bonchev–Trinajstić information content (AvgIpc) is 2.76. The molecule has 0 heterocycles. The van der Waals surface area contributed by atoms with E-state index in [9.17, 15) is 33.7 Å². The van der Waals surface area contributed by atoms with Gasteiger partial charge in [0.05, 0.1) is 9.79 Å². The summed E-state index contributed by atoms with van der Waals surface area (Å²) in [7, 11) is -18.2. The Morgan fingerprint density at radius 1 is 0.400 bits per heavy atom. The Morgan fingerprint density at radius 3 is 0.950 bits per heavy atom. The molecule has 4 aromatic rings. The molecule has 16 nitrogen and oxygen atoms in total. The fourth-order valence-corrected chi connectivity index (χ4v) is 6.17. The Labute approximate surface area is 227 Å². The molecule has 0 fully saturated rings. The molecule has 0 unspecified atom stereocenters. The monoisotopic (exact) mass is 636 g/mol. The van der Waals surface area contributed by atoms with Gasteiger partial charge in [0.1, 0.15) is 9.79 Å². The minimum absolute atomic E-state index is 0.0974. The van der Waals surface area contributed by atoms with Gasteiger partial charge in [-0.3, -0.25) is 18.2 Å². The van der Waals surface area contributed by atoms with Crippen molar-refractivity contribution in [3.8, 4) is 0 Å². The van der Waals surface area contributed by atoms with E-state index in [1.54, 1.807) is 0 Å². The summed E-state index contributed by atoms with van der Waals surface area (Å²) in [5, 5.41) is -0.0290. The van der Waals surface area contributed by atoms with Crippen molar-refractivity contribution in [2.24, 2.45) is 0 Å². The number of hydrogen-bond donors (Lipinski definition) is 8. The normalized spacial score (nSPS) is 12.7. The second-order valence-electron chi connectivity index (χ2n) is 8.15. The van der Waals surface area contributed by atoms with Gasteiger partial charge in [-0.25, -0.2) is 0 Å². The zero-order chi connectivity index (χ0) is 30.6. The molecule has 216 valence electrons. The molecule has 0 amide bonds. The second kappa shape index (κ2) is 10.0. The molecule has 4 rings (SSSR count). The van der Waals surface area contributed by atoms with Gasteiger partial charge >= 0.3 is 0 Å². The molecule has 0 spiro atoms. The van der Waals surface area contributed by atoms with Crippen LogP contribution in [-0.2, 0) is 40.5 Å². The maximum Gasteiger partial charge on any atom is 0.295 e. The van der Waals surface area contributed by atoms with E-state index in [2.05, 4.69) is 0 Å². The summed E-state index contributed by atoms with van der Waals surface area (Å²) < 4.78 is 126. The number of hydrogen-bond acceptors (Lipinski definition) is 12. The molecule has 0 radical (unpaired) electrons. The summed E-state index contributed by atoms with van der Waals surface area (Å²) in [5.74, 6) is 0. The lowest BCUT2D eigenvalue weighted by molar-refractivity contribution is 0.481. The molecule has 0 atom stereocenters. The van der Waals surface area contributed by atoms with Crippen molar-refractivity contribution >= 4 is 84.8 Å². The van der Waals surface area contributed by atoms with Crippen molar-refractivity contribution < 1.29 is 51.9 Å². The van der Waals surface area contributed by atoms with E-state index >= 15 is 0 Å². The minimum Gasteiger partial charge on any atom is -0.399 e. The molecule has 0 aromatic heterocycles.